The number of rotatable bonds is 6. The summed E-state index contributed by atoms with van der Waals surface area (Å²) in [5.41, 5.74) is 2.38. The van der Waals surface area contributed by atoms with Crippen LogP contribution in [0.15, 0.2) is 18.3 Å². The summed E-state index contributed by atoms with van der Waals surface area (Å²) < 4.78 is 5.25. The van der Waals surface area contributed by atoms with Crippen LogP contribution in [0.2, 0.25) is 0 Å². The van der Waals surface area contributed by atoms with Gasteiger partial charge < -0.3 is 15.0 Å². The predicted molar refractivity (Wildman–Crippen MR) is 83.1 cm³/mol. The number of anilines is 1. The van der Waals surface area contributed by atoms with E-state index in [1.54, 1.807) is 7.11 Å². The molecule has 1 unspecified atom stereocenters. The first-order chi connectivity index (χ1) is 9.78. The first-order valence-corrected chi connectivity index (χ1v) is 7.65. The number of aromatic nitrogens is 1. The maximum atomic E-state index is 5.25. The third-order valence-corrected chi connectivity index (χ3v) is 4.27. The van der Waals surface area contributed by atoms with E-state index in [1.807, 2.05) is 13.2 Å². The maximum absolute atomic E-state index is 5.25. The topological polar surface area (TPSA) is 37.4 Å². The van der Waals surface area contributed by atoms with Gasteiger partial charge in [0.2, 0.25) is 0 Å². The molecule has 20 heavy (non-hydrogen) atoms. The van der Waals surface area contributed by atoms with Gasteiger partial charge >= 0.3 is 0 Å². The van der Waals surface area contributed by atoms with Crippen LogP contribution in [0.25, 0.3) is 0 Å². The van der Waals surface area contributed by atoms with Gasteiger partial charge in [0.1, 0.15) is 0 Å². The van der Waals surface area contributed by atoms with Crippen LogP contribution in [0.3, 0.4) is 0 Å². The van der Waals surface area contributed by atoms with Gasteiger partial charge in [-0.05, 0) is 44.4 Å². The largest absolute Gasteiger partial charge is 0.384 e. The Bertz CT molecular complexity index is 381. The van der Waals surface area contributed by atoms with Gasteiger partial charge in [0.15, 0.2) is 0 Å². The van der Waals surface area contributed by atoms with Gasteiger partial charge in [0, 0.05) is 32.8 Å². The van der Waals surface area contributed by atoms with E-state index in [0.717, 1.165) is 37.7 Å². The normalized spacial score (nSPS) is 18.2. The van der Waals surface area contributed by atoms with Crippen molar-refractivity contribution >= 4 is 5.69 Å². The quantitative estimate of drug-likeness (QED) is 0.867. The fourth-order valence-corrected chi connectivity index (χ4v) is 2.95. The molecule has 2 rings (SSSR count). The molecule has 1 saturated heterocycles. The van der Waals surface area contributed by atoms with E-state index in [1.165, 1.54) is 18.5 Å². The number of hydrogen-bond acceptors (Lipinski definition) is 4. The van der Waals surface area contributed by atoms with Crippen LogP contribution in [-0.4, -0.2) is 38.8 Å². The molecule has 0 radical (unpaired) electrons. The van der Waals surface area contributed by atoms with Crippen LogP contribution in [-0.2, 0) is 4.74 Å². The molecule has 4 nitrogen and oxygen atoms in total. The highest BCUT2D eigenvalue weighted by atomic mass is 16.5. The van der Waals surface area contributed by atoms with E-state index in [-0.39, 0.29) is 0 Å². The van der Waals surface area contributed by atoms with Gasteiger partial charge in [0.05, 0.1) is 17.6 Å². The molecule has 0 amide bonds. The Balaban J connectivity index is 1.94. The summed E-state index contributed by atoms with van der Waals surface area (Å²) in [6, 6.07) is 4.72. The van der Waals surface area contributed by atoms with Crippen LogP contribution >= 0.6 is 0 Å². The van der Waals surface area contributed by atoms with Crippen LogP contribution in [0.4, 0.5) is 5.69 Å². The van der Waals surface area contributed by atoms with Crippen LogP contribution in [0.1, 0.15) is 37.9 Å². The van der Waals surface area contributed by atoms with Gasteiger partial charge in [-0.1, -0.05) is 6.92 Å². The van der Waals surface area contributed by atoms with Gasteiger partial charge in [-0.15, -0.1) is 0 Å². The molecule has 112 valence electrons. The number of pyridine rings is 1. The molecular weight excluding hydrogens is 250 g/mol. The zero-order chi connectivity index (χ0) is 14.4. The van der Waals surface area contributed by atoms with Crippen LogP contribution in [0.5, 0.6) is 0 Å². The molecule has 0 aromatic carbocycles. The molecule has 0 aliphatic carbocycles. The number of piperidine rings is 1. The van der Waals surface area contributed by atoms with Gasteiger partial charge in [-0.2, -0.15) is 0 Å². The van der Waals surface area contributed by atoms with Crippen LogP contribution < -0.4 is 10.2 Å². The number of nitrogens with zero attached hydrogens (tertiary/aromatic N) is 2. The Morgan fingerprint density at radius 1 is 1.40 bits per heavy atom. The highest BCUT2D eigenvalue weighted by Gasteiger charge is 2.19. The SMILES string of the molecule is CCC(NC)c1ccc(N2CCC(COC)CC2)cn1. The summed E-state index contributed by atoms with van der Waals surface area (Å²) in [7, 11) is 3.78. The van der Waals surface area contributed by atoms with Crippen molar-refractivity contribution in [2.45, 2.75) is 32.2 Å². The molecule has 4 heteroatoms. The molecule has 2 heterocycles. The third kappa shape index (κ3) is 3.70. The average Bonchev–Trinajstić information content (AvgIpc) is 2.50. The Hall–Kier alpha value is -1.13. The summed E-state index contributed by atoms with van der Waals surface area (Å²) >= 11 is 0. The molecule has 1 aliphatic heterocycles. The van der Waals surface area contributed by atoms with Crippen molar-refractivity contribution in [1.82, 2.24) is 10.3 Å². The van der Waals surface area contributed by atoms with E-state index in [0.29, 0.717) is 6.04 Å². The average molecular weight is 277 g/mol. The lowest BCUT2D eigenvalue weighted by Gasteiger charge is -2.33. The lowest BCUT2D eigenvalue weighted by Crippen LogP contribution is -2.35. The van der Waals surface area contributed by atoms with E-state index in [9.17, 15) is 0 Å². The molecule has 1 aliphatic rings. The Morgan fingerprint density at radius 2 is 2.15 bits per heavy atom. The highest BCUT2D eigenvalue weighted by Crippen LogP contribution is 2.24. The van der Waals surface area contributed by atoms with E-state index < -0.39 is 0 Å². The molecule has 1 fully saturated rings. The molecule has 0 bridgehead atoms. The second-order valence-corrected chi connectivity index (χ2v) is 5.58. The highest BCUT2D eigenvalue weighted by molar-refractivity contribution is 5.45. The molecule has 0 spiro atoms. The minimum Gasteiger partial charge on any atom is -0.384 e. The number of nitrogens with one attached hydrogen (secondary N) is 1. The van der Waals surface area contributed by atoms with Crippen molar-refractivity contribution in [3.05, 3.63) is 24.0 Å². The molecule has 1 aromatic heterocycles. The first kappa shape index (κ1) is 15.3. The summed E-state index contributed by atoms with van der Waals surface area (Å²) in [6.45, 7) is 5.29. The minimum atomic E-state index is 0.358. The smallest absolute Gasteiger partial charge is 0.0574 e. The first-order valence-electron chi connectivity index (χ1n) is 7.65. The van der Waals surface area contributed by atoms with Gasteiger partial charge in [-0.25, -0.2) is 0 Å². The zero-order valence-electron chi connectivity index (χ0n) is 12.9. The Morgan fingerprint density at radius 3 is 2.65 bits per heavy atom. The Kier molecular flexibility index (Phi) is 5.80. The van der Waals surface area contributed by atoms with Crippen molar-refractivity contribution in [3.63, 3.8) is 0 Å². The van der Waals surface area contributed by atoms with Crippen molar-refractivity contribution < 1.29 is 4.74 Å². The van der Waals surface area contributed by atoms with Gasteiger partial charge in [0.25, 0.3) is 0 Å². The lowest BCUT2D eigenvalue weighted by atomic mass is 9.97. The second kappa shape index (κ2) is 7.60. The molecule has 1 N–H and O–H groups in total. The number of methoxy groups -OCH3 is 1. The number of ether oxygens (including phenoxy) is 1. The third-order valence-electron chi connectivity index (χ3n) is 4.27. The summed E-state index contributed by atoms with van der Waals surface area (Å²) in [5.74, 6) is 0.720. The summed E-state index contributed by atoms with van der Waals surface area (Å²) in [6.07, 6.45) is 5.50. The van der Waals surface area contributed by atoms with Gasteiger partial charge in [-0.3, -0.25) is 4.98 Å². The molecular formula is C16H27N3O. The van der Waals surface area contributed by atoms with E-state index in [4.69, 9.17) is 4.74 Å². The van der Waals surface area contributed by atoms with Crippen molar-refractivity contribution in [2.75, 3.05) is 38.8 Å². The Labute approximate surface area is 122 Å². The monoisotopic (exact) mass is 277 g/mol. The zero-order valence-corrected chi connectivity index (χ0v) is 12.9. The van der Waals surface area contributed by atoms with E-state index in [2.05, 4.69) is 34.3 Å². The van der Waals surface area contributed by atoms with Crippen molar-refractivity contribution in [3.8, 4) is 0 Å². The van der Waals surface area contributed by atoms with Crippen molar-refractivity contribution in [2.24, 2.45) is 5.92 Å². The summed E-state index contributed by atoms with van der Waals surface area (Å²) in [4.78, 5) is 7.06. The van der Waals surface area contributed by atoms with Crippen LogP contribution in [0, 0.1) is 5.92 Å². The van der Waals surface area contributed by atoms with E-state index >= 15 is 0 Å². The fourth-order valence-electron chi connectivity index (χ4n) is 2.95. The fraction of sp³-hybridized carbons (Fsp3) is 0.688. The predicted octanol–water partition coefficient (Wildman–Crippen LogP) is 2.61. The number of hydrogen-bond donors (Lipinski definition) is 1. The molecule has 1 atom stereocenters. The molecule has 1 aromatic rings. The maximum Gasteiger partial charge on any atom is 0.0574 e. The standard InChI is InChI=1S/C16H27N3O/c1-4-15(17-2)16-6-5-14(11-18-16)19-9-7-13(8-10-19)12-20-3/h5-6,11,13,15,17H,4,7-10,12H2,1-3H3. The van der Waals surface area contributed by atoms with Crippen molar-refractivity contribution in [1.29, 1.82) is 0 Å². The lowest BCUT2D eigenvalue weighted by molar-refractivity contribution is 0.139. The molecule has 0 saturated carbocycles. The summed E-state index contributed by atoms with van der Waals surface area (Å²) in [5, 5.41) is 3.30. The minimum absolute atomic E-state index is 0.358. The second-order valence-electron chi connectivity index (χ2n) is 5.58.